The van der Waals surface area contributed by atoms with Gasteiger partial charge in [0.1, 0.15) is 5.60 Å². The molecule has 17 heavy (non-hydrogen) atoms. The van der Waals surface area contributed by atoms with Crippen LogP contribution >= 0.6 is 0 Å². The number of rotatable bonds is 4. The Balaban J connectivity index is 2.23. The Labute approximate surface area is 105 Å². The Hall–Kier alpha value is -0.570. The van der Waals surface area contributed by atoms with E-state index < -0.39 is 0 Å². The van der Waals surface area contributed by atoms with Crippen molar-refractivity contribution < 1.29 is 9.53 Å². The van der Waals surface area contributed by atoms with E-state index in [1.54, 1.807) is 0 Å². The molecule has 2 atom stereocenters. The van der Waals surface area contributed by atoms with E-state index in [9.17, 15) is 4.79 Å². The van der Waals surface area contributed by atoms with Crippen LogP contribution in [0, 0.1) is 5.92 Å². The maximum Gasteiger partial charge on any atom is 0.320 e. The third kappa shape index (κ3) is 6.06. The lowest BCUT2D eigenvalue weighted by molar-refractivity contribution is -0.153. The number of hydrogen-bond donors (Lipinski definition) is 1. The van der Waals surface area contributed by atoms with Crippen molar-refractivity contribution in [3.8, 4) is 0 Å². The van der Waals surface area contributed by atoms with Gasteiger partial charge in [-0.05, 0) is 39.5 Å². The zero-order valence-corrected chi connectivity index (χ0v) is 11.7. The second-order valence-electron chi connectivity index (χ2n) is 6.11. The zero-order valence-electron chi connectivity index (χ0n) is 11.7. The predicted octanol–water partition coefficient (Wildman–Crippen LogP) is 2.89. The number of nitrogens with one attached hydrogen (secondary N) is 1. The highest BCUT2D eigenvalue weighted by molar-refractivity contribution is 5.72. The minimum Gasteiger partial charge on any atom is -0.459 e. The molecule has 0 aliphatic heterocycles. The predicted molar refractivity (Wildman–Crippen MR) is 69.9 cm³/mol. The van der Waals surface area contributed by atoms with Crippen LogP contribution in [0.1, 0.15) is 59.8 Å². The molecule has 0 heterocycles. The van der Waals surface area contributed by atoms with E-state index in [0.29, 0.717) is 12.6 Å². The summed E-state index contributed by atoms with van der Waals surface area (Å²) in [5.41, 5.74) is -0.378. The van der Waals surface area contributed by atoms with E-state index in [1.165, 1.54) is 32.1 Å². The van der Waals surface area contributed by atoms with Crippen molar-refractivity contribution in [1.29, 1.82) is 0 Å². The second kappa shape index (κ2) is 6.39. The van der Waals surface area contributed by atoms with Gasteiger partial charge < -0.3 is 10.1 Å². The van der Waals surface area contributed by atoms with Crippen LogP contribution in [0.3, 0.4) is 0 Å². The standard InChI is InChI=1S/C14H27NO2/c1-5-11-7-6-8-12(9-11)15-10-13(16)17-14(2,3)4/h11-12,15H,5-10H2,1-4H3. The summed E-state index contributed by atoms with van der Waals surface area (Å²) >= 11 is 0. The molecule has 0 saturated heterocycles. The van der Waals surface area contributed by atoms with Gasteiger partial charge in [0.05, 0.1) is 6.54 Å². The number of carbonyl (C=O) groups excluding carboxylic acids is 1. The molecule has 0 spiro atoms. The normalized spacial score (nSPS) is 25.6. The molecule has 0 bridgehead atoms. The van der Waals surface area contributed by atoms with Gasteiger partial charge in [0.15, 0.2) is 0 Å². The first-order valence-electron chi connectivity index (χ1n) is 6.86. The largest absolute Gasteiger partial charge is 0.459 e. The SMILES string of the molecule is CCC1CCCC(NCC(=O)OC(C)(C)C)C1. The summed E-state index contributed by atoms with van der Waals surface area (Å²) in [5.74, 6) is 0.691. The average molecular weight is 241 g/mol. The summed E-state index contributed by atoms with van der Waals surface area (Å²) in [7, 11) is 0. The van der Waals surface area contributed by atoms with Crippen molar-refractivity contribution in [3.63, 3.8) is 0 Å². The molecule has 1 N–H and O–H groups in total. The summed E-state index contributed by atoms with van der Waals surface area (Å²) in [6.45, 7) is 8.30. The van der Waals surface area contributed by atoms with Gasteiger partial charge in [0.2, 0.25) is 0 Å². The van der Waals surface area contributed by atoms with Crippen LogP contribution in [-0.4, -0.2) is 24.2 Å². The molecule has 1 saturated carbocycles. The lowest BCUT2D eigenvalue weighted by atomic mass is 9.84. The van der Waals surface area contributed by atoms with E-state index in [0.717, 1.165) is 5.92 Å². The van der Waals surface area contributed by atoms with Crippen molar-refractivity contribution in [2.24, 2.45) is 5.92 Å². The zero-order chi connectivity index (χ0) is 12.9. The van der Waals surface area contributed by atoms with Gasteiger partial charge in [0.25, 0.3) is 0 Å². The molecule has 0 aromatic carbocycles. The Kier molecular flexibility index (Phi) is 5.44. The molecule has 3 nitrogen and oxygen atoms in total. The molecule has 100 valence electrons. The smallest absolute Gasteiger partial charge is 0.320 e. The van der Waals surface area contributed by atoms with E-state index >= 15 is 0 Å². The van der Waals surface area contributed by atoms with Crippen LogP contribution < -0.4 is 5.32 Å². The minimum absolute atomic E-state index is 0.142. The average Bonchev–Trinajstić information content (AvgIpc) is 2.24. The molecule has 0 radical (unpaired) electrons. The Morgan fingerprint density at radius 1 is 1.35 bits per heavy atom. The van der Waals surface area contributed by atoms with Crippen molar-refractivity contribution in [1.82, 2.24) is 5.32 Å². The van der Waals surface area contributed by atoms with Crippen LogP contribution in [0.2, 0.25) is 0 Å². The Bertz CT molecular complexity index is 245. The van der Waals surface area contributed by atoms with Crippen molar-refractivity contribution in [3.05, 3.63) is 0 Å². The fraction of sp³-hybridized carbons (Fsp3) is 0.929. The molecule has 2 unspecified atom stereocenters. The van der Waals surface area contributed by atoms with Gasteiger partial charge in [-0.3, -0.25) is 4.79 Å². The lowest BCUT2D eigenvalue weighted by Gasteiger charge is -2.29. The number of carbonyl (C=O) groups is 1. The Morgan fingerprint density at radius 2 is 2.06 bits per heavy atom. The highest BCUT2D eigenvalue weighted by atomic mass is 16.6. The van der Waals surface area contributed by atoms with Gasteiger partial charge in [0, 0.05) is 6.04 Å². The molecule has 0 aromatic rings. The number of ether oxygens (including phenoxy) is 1. The van der Waals surface area contributed by atoms with Crippen LogP contribution in [0.25, 0.3) is 0 Å². The van der Waals surface area contributed by atoms with Gasteiger partial charge in [-0.1, -0.05) is 26.2 Å². The maximum atomic E-state index is 11.6. The first-order chi connectivity index (χ1) is 7.90. The van der Waals surface area contributed by atoms with E-state index in [4.69, 9.17) is 4.74 Å². The second-order valence-corrected chi connectivity index (χ2v) is 6.11. The van der Waals surface area contributed by atoms with Gasteiger partial charge >= 0.3 is 5.97 Å². The first kappa shape index (κ1) is 14.5. The topological polar surface area (TPSA) is 38.3 Å². The summed E-state index contributed by atoms with van der Waals surface area (Å²) in [4.78, 5) is 11.6. The fourth-order valence-electron chi connectivity index (χ4n) is 2.45. The number of esters is 1. The highest BCUT2D eigenvalue weighted by Gasteiger charge is 2.22. The van der Waals surface area contributed by atoms with Gasteiger partial charge in [-0.2, -0.15) is 0 Å². The van der Waals surface area contributed by atoms with Crippen LogP contribution in [-0.2, 0) is 9.53 Å². The van der Waals surface area contributed by atoms with Crippen molar-refractivity contribution in [2.75, 3.05) is 6.54 Å². The van der Waals surface area contributed by atoms with Crippen molar-refractivity contribution >= 4 is 5.97 Å². The summed E-state index contributed by atoms with van der Waals surface area (Å²) in [5, 5.41) is 3.33. The maximum absolute atomic E-state index is 11.6. The van der Waals surface area contributed by atoms with Crippen LogP contribution in [0.5, 0.6) is 0 Å². The molecular weight excluding hydrogens is 214 g/mol. The van der Waals surface area contributed by atoms with E-state index in [2.05, 4.69) is 12.2 Å². The molecule has 1 aliphatic carbocycles. The molecule has 1 rings (SSSR count). The summed E-state index contributed by atoms with van der Waals surface area (Å²) < 4.78 is 5.28. The van der Waals surface area contributed by atoms with E-state index in [-0.39, 0.29) is 11.6 Å². The monoisotopic (exact) mass is 241 g/mol. The number of hydrogen-bond acceptors (Lipinski definition) is 3. The van der Waals surface area contributed by atoms with E-state index in [1.807, 2.05) is 20.8 Å². The first-order valence-corrected chi connectivity index (χ1v) is 6.86. The minimum atomic E-state index is -0.378. The summed E-state index contributed by atoms with van der Waals surface area (Å²) in [6, 6.07) is 0.501. The molecule has 3 heteroatoms. The third-order valence-corrected chi connectivity index (χ3v) is 3.32. The van der Waals surface area contributed by atoms with Gasteiger partial charge in [-0.25, -0.2) is 0 Å². The molecule has 0 amide bonds. The third-order valence-electron chi connectivity index (χ3n) is 3.32. The fourth-order valence-corrected chi connectivity index (χ4v) is 2.45. The van der Waals surface area contributed by atoms with Crippen LogP contribution in [0.4, 0.5) is 0 Å². The molecular formula is C14H27NO2. The molecule has 1 aliphatic rings. The quantitative estimate of drug-likeness (QED) is 0.769. The highest BCUT2D eigenvalue weighted by Crippen LogP contribution is 2.26. The molecule has 1 fully saturated rings. The van der Waals surface area contributed by atoms with Gasteiger partial charge in [-0.15, -0.1) is 0 Å². The Morgan fingerprint density at radius 3 is 2.65 bits per heavy atom. The summed E-state index contributed by atoms with van der Waals surface area (Å²) in [6.07, 6.45) is 6.29. The lowest BCUT2D eigenvalue weighted by Crippen LogP contribution is -2.39. The molecule has 0 aromatic heterocycles. The van der Waals surface area contributed by atoms with Crippen LogP contribution in [0.15, 0.2) is 0 Å². The van der Waals surface area contributed by atoms with Crippen molar-refractivity contribution in [2.45, 2.75) is 71.4 Å².